The van der Waals surface area contributed by atoms with Gasteiger partial charge in [-0.2, -0.15) is 8.42 Å². The normalized spacial score (nSPS) is 13.7. The van der Waals surface area contributed by atoms with Crippen molar-refractivity contribution in [2.75, 3.05) is 12.4 Å². The molecule has 0 bridgehead atoms. The molecule has 3 rings (SSSR count). The van der Waals surface area contributed by atoms with E-state index in [9.17, 15) is 12.3 Å². The van der Waals surface area contributed by atoms with Crippen LogP contribution in [-0.2, 0) is 29.6 Å². The molecule has 1 aliphatic carbocycles. The second-order valence-electron chi connectivity index (χ2n) is 5.41. The zero-order chi connectivity index (χ0) is 16.4. The summed E-state index contributed by atoms with van der Waals surface area (Å²) in [5.41, 5.74) is 3.86. The van der Waals surface area contributed by atoms with Gasteiger partial charge < -0.3 is 10.1 Å². The highest BCUT2D eigenvalue weighted by atomic mass is 32.3. The SMILES string of the molecule is COc1ccc2c(c1NCc1cc(S(=O)(=O)F)ccn1)CCC2. The third kappa shape index (κ3) is 3.29. The maximum absolute atomic E-state index is 13.1. The van der Waals surface area contributed by atoms with Crippen LogP contribution in [0.3, 0.4) is 0 Å². The lowest BCUT2D eigenvalue weighted by molar-refractivity contribution is 0.416. The largest absolute Gasteiger partial charge is 0.495 e. The van der Waals surface area contributed by atoms with Crippen molar-refractivity contribution in [2.45, 2.75) is 30.7 Å². The molecule has 1 N–H and O–H groups in total. The number of anilines is 1. The van der Waals surface area contributed by atoms with E-state index in [1.807, 2.05) is 6.07 Å². The summed E-state index contributed by atoms with van der Waals surface area (Å²) in [6.45, 7) is 0.288. The summed E-state index contributed by atoms with van der Waals surface area (Å²) in [5, 5.41) is 3.25. The molecule has 0 unspecified atom stereocenters. The molecule has 0 fully saturated rings. The lowest BCUT2D eigenvalue weighted by Crippen LogP contribution is -2.07. The third-order valence-electron chi connectivity index (χ3n) is 3.98. The molecule has 5 nitrogen and oxygen atoms in total. The van der Waals surface area contributed by atoms with Crippen molar-refractivity contribution in [3.8, 4) is 5.75 Å². The maximum Gasteiger partial charge on any atom is 0.332 e. The van der Waals surface area contributed by atoms with E-state index in [2.05, 4.69) is 16.4 Å². The Bertz CT molecular complexity index is 837. The smallest absolute Gasteiger partial charge is 0.332 e. The van der Waals surface area contributed by atoms with E-state index in [0.717, 1.165) is 36.8 Å². The molecular formula is C16H17FN2O3S. The third-order valence-corrected chi connectivity index (χ3v) is 4.80. The summed E-state index contributed by atoms with van der Waals surface area (Å²) in [7, 11) is -3.12. The van der Waals surface area contributed by atoms with Gasteiger partial charge in [-0.05, 0) is 48.6 Å². The van der Waals surface area contributed by atoms with Crippen LogP contribution in [0.2, 0.25) is 0 Å². The van der Waals surface area contributed by atoms with Crippen LogP contribution in [0.15, 0.2) is 35.4 Å². The molecule has 0 saturated heterocycles. The van der Waals surface area contributed by atoms with Crippen molar-refractivity contribution < 1.29 is 17.0 Å². The number of pyridine rings is 1. The summed E-state index contributed by atoms with van der Waals surface area (Å²) in [6.07, 6.45) is 4.41. The van der Waals surface area contributed by atoms with E-state index >= 15 is 0 Å². The van der Waals surface area contributed by atoms with E-state index in [1.165, 1.54) is 23.4 Å². The zero-order valence-corrected chi connectivity index (χ0v) is 13.5. The van der Waals surface area contributed by atoms with Crippen LogP contribution in [0.5, 0.6) is 5.75 Å². The Morgan fingerprint density at radius 3 is 2.87 bits per heavy atom. The number of hydrogen-bond acceptors (Lipinski definition) is 5. The van der Waals surface area contributed by atoms with Crippen LogP contribution in [0.4, 0.5) is 9.57 Å². The number of hydrogen-bond donors (Lipinski definition) is 1. The number of aryl methyl sites for hydroxylation is 1. The topological polar surface area (TPSA) is 68.3 Å². The molecule has 2 aromatic rings. The molecule has 1 aromatic carbocycles. The van der Waals surface area contributed by atoms with E-state index < -0.39 is 10.2 Å². The summed E-state index contributed by atoms with van der Waals surface area (Å²) >= 11 is 0. The van der Waals surface area contributed by atoms with E-state index in [0.29, 0.717) is 5.69 Å². The fourth-order valence-electron chi connectivity index (χ4n) is 2.89. The Balaban J connectivity index is 1.86. The van der Waals surface area contributed by atoms with Gasteiger partial charge in [0.1, 0.15) is 10.6 Å². The zero-order valence-electron chi connectivity index (χ0n) is 12.7. The average Bonchev–Trinajstić information content (AvgIpc) is 3.00. The quantitative estimate of drug-likeness (QED) is 0.851. The number of methoxy groups -OCH3 is 1. The summed E-state index contributed by atoms with van der Waals surface area (Å²) in [4.78, 5) is 3.70. The number of nitrogens with zero attached hydrogens (tertiary/aromatic N) is 1. The number of nitrogens with one attached hydrogen (secondary N) is 1. The number of benzene rings is 1. The molecule has 1 heterocycles. The standard InChI is InChI=1S/C16H17FN2O3S/c1-22-15-6-5-11-3-2-4-14(11)16(15)19-10-12-9-13(7-8-18-12)23(17,20)21/h5-9,19H,2-4,10H2,1H3. The van der Waals surface area contributed by atoms with Crippen LogP contribution >= 0.6 is 0 Å². The van der Waals surface area contributed by atoms with Crippen molar-refractivity contribution in [1.82, 2.24) is 4.98 Å². The van der Waals surface area contributed by atoms with Crippen LogP contribution in [0.1, 0.15) is 23.2 Å². The summed E-state index contributed by atoms with van der Waals surface area (Å²) < 4.78 is 40.4. The minimum absolute atomic E-state index is 0.288. The van der Waals surface area contributed by atoms with E-state index in [-0.39, 0.29) is 11.4 Å². The first kappa shape index (κ1) is 15.7. The van der Waals surface area contributed by atoms with Gasteiger partial charge in [-0.1, -0.05) is 6.07 Å². The molecule has 122 valence electrons. The Labute approximate surface area is 134 Å². The summed E-state index contributed by atoms with van der Waals surface area (Å²) in [6, 6.07) is 6.36. The molecular weight excluding hydrogens is 319 g/mol. The van der Waals surface area contributed by atoms with Crippen LogP contribution < -0.4 is 10.1 Å². The number of halogens is 1. The molecule has 1 aliphatic rings. The summed E-state index contributed by atoms with van der Waals surface area (Å²) in [5.74, 6) is 0.736. The van der Waals surface area contributed by atoms with Gasteiger partial charge in [-0.25, -0.2) is 0 Å². The van der Waals surface area contributed by atoms with Gasteiger partial charge in [0, 0.05) is 6.20 Å². The van der Waals surface area contributed by atoms with Crippen molar-refractivity contribution in [3.63, 3.8) is 0 Å². The van der Waals surface area contributed by atoms with Gasteiger partial charge in [-0.15, -0.1) is 3.89 Å². The Hall–Kier alpha value is -2.15. The highest BCUT2D eigenvalue weighted by Gasteiger charge is 2.19. The highest BCUT2D eigenvalue weighted by molar-refractivity contribution is 7.86. The van der Waals surface area contributed by atoms with Gasteiger partial charge >= 0.3 is 10.2 Å². The number of ether oxygens (including phenoxy) is 1. The molecule has 0 saturated carbocycles. The predicted octanol–water partition coefficient (Wildman–Crippen LogP) is 2.85. The van der Waals surface area contributed by atoms with Gasteiger partial charge in [0.25, 0.3) is 0 Å². The molecule has 0 aliphatic heterocycles. The van der Waals surface area contributed by atoms with E-state index in [1.54, 1.807) is 7.11 Å². The lowest BCUT2D eigenvalue weighted by atomic mass is 10.1. The first-order valence-corrected chi connectivity index (χ1v) is 8.69. The van der Waals surface area contributed by atoms with Gasteiger partial charge in [0.05, 0.1) is 25.0 Å². The molecule has 0 spiro atoms. The average molecular weight is 336 g/mol. The Kier molecular flexibility index (Phi) is 4.21. The fourth-order valence-corrected chi connectivity index (χ4v) is 3.39. The highest BCUT2D eigenvalue weighted by Crippen LogP contribution is 2.36. The Morgan fingerprint density at radius 2 is 2.13 bits per heavy atom. The minimum Gasteiger partial charge on any atom is -0.495 e. The molecule has 0 amide bonds. The maximum atomic E-state index is 13.1. The van der Waals surface area contributed by atoms with Crippen molar-refractivity contribution >= 4 is 15.9 Å². The monoisotopic (exact) mass is 336 g/mol. The van der Waals surface area contributed by atoms with Gasteiger partial charge in [-0.3, -0.25) is 4.98 Å². The first-order chi connectivity index (χ1) is 11.0. The minimum atomic E-state index is -4.72. The Morgan fingerprint density at radius 1 is 1.30 bits per heavy atom. The van der Waals surface area contributed by atoms with Crippen LogP contribution in [0, 0.1) is 0 Å². The molecule has 7 heteroatoms. The predicted molar refractivity (Wildman–Crippen MR) is 84.9 cm³/mol. The number of fused-ring (bicyclic) bond motifs is 1. The molecule has 0 radical (unpaired) electrons. The molecule has 0 atom stereocenters. The van der Waals surface area contributed by atoms with Gasteiger partial charge in [0.2, 0.25) is 0 Å². The fraction of sp³-hybridized carbons (Fsp3) is 0.312. The second kappa shape index (κ2) is 6.16. The van der Waals surface area contributed by atoms with Crippen molar-refractivity contribution in [3.05, 3.63) is 47.3 Å². The molecule has 1 aromatic heterocycles. The second-order valence-corrected chi connectivity index (χ2v) is 6.76. The number of aromatic nitrogens is 1. The van der Waals surface area contributed by atoms with Crippen molar-refractivity contribution in [1.29, 1.82) is 0 Å². The van der Waals surface area contributed by atoms with Crippen LogP contribution in [0.25, 0.3) is 0 Å². The van der Waals surface area contributed by atoms with Crippen LogP contribution in [-0.4, -0.2) is 20.5 Å². The first-order valence-electron chi connectivity index (χ1n) is 7.31. The molecule has 23 heavy (non-hydrogen) atoms. The lowest BCUT2D eigenvalue weighted by Gasteiger charge is -2.15. The number of rotatable bonds is 5. The van der Waals surface area contributed by atoms with E-state index in [4.69, 9.17) is 4.74 Å². The van der Waals surface area contributed by atoms with Crippen molar-refractivity contribution in [2.24, 2.45) is 0 Å². The van der Waals surface area contributed by atoms with Gasteiger partial charge in [0.15, 0.2) is 0 Å².